The van der Waals surface area contributed by atoms with Crippen molar-refractivity contribution in [3.63, 3.8) is 0 Å². The summed E-state index contributed by atoms with van der Waals surface area (Å²) in [6.07, 6.45) is 1.34. The lowest BCUT2D eigenvalue weighted by atomic mass is 9.87. The third-order valence-electron chi connectivity index (χ3n) is 6.95. The second kappa shape index (κ2) is 11.8. The maximum Gasteiger partial charge on any atom is 0.277 e. The van der Waals surface area contributed by atoms with Crippen molar-refractivity contribution in [1.29, 1.82) is 0 Å². The molecule has 0 N–H and O–H groups in total. The van der Waals surface area contributed by atoms with E-state index < -0.39 is 0 Å². The number of ether oxygens (including phenoxy) is 1. The van der Waals surface area contributed by atoms with Gasteiger partial charge in [0.1, 0.15) is 23.1 Å². The lowest BCUT2D eigenvalue weighted by Gasteiger charge is -2.38. The highest BCUT2D eigenvalue weighted by Gasteiger charge is 2.32. The van der Waals surface area contributed by atoms with Gasteiger partial charge in [-0.3, -0.25) is 9.59 Å². The van der Waals surface area contributed by atoms with Crippen LogP contribution in [0, 0.1) is 5.92 Å². The van der Waals surface area contributed by atoms with Crippen LogP contribution < -0.4 is 9.64 Å². The van der Waals surface area contributed by atoms with Gasteiger partial charge in [0.25, 0.3) is 5.91 Å². The number of benzene rings is 3. The molecule has 5 rings (SSSR count). The van der Waals surface area contributed by atoms with Gasteiger partial charge in [0.15, 0.2) is 0 Å². The molecule has 200 valence electrons. The first-order valence-electron chi connectivity index (χ1n) is 13.3. The first-order valence-corrected chi connectivity index (χ1v) is 14.2. The normalized spacial score (nSPS) is 14.7. The van der Waals surface area contributed by atoms with Gasteiger partial charge in [-0.2, -0.15) is 0 Å². The zero-order valence-corrected chi connectivity index (χ0v) is 23.4. The molecule has 2 amide bonds. The van der Waals surface area contributed by atoms with E-state index in [1.54, 1.807) is 17.3 Å². The molecule has 1 aromatic heterocycles. The minimum atomic E-state index is -0.158. The van der Waals surface area contributed by atoms with Gasteiger partial charge >= 0.3 is 0 Å². The number of carbonyl (C=O) groups excluding carboxylic acids is 2. The summed E-state index contributed by atoms with van der Waals surface area (Å²) in [5.41, 5.74) is 4.64. The largest absolute Gasteiger partial charge is 0.486 e. The highest BCUT2D eigenvalue weighted by molar-refractivity contribution is 7.09. The summed E-state index contributed by atoms with van der Waals surface area (Å²) in [6, 6.07) is 25.7. The van der Waals surface area contributed by atoms with Crippen molar-refractivity contribution < 1.29 is 14.3 Å². The van der Waals surface area contributed by atoms with Crippen molar-refractivity contribution in [3.05, 3.63) is 112 Å². The molecule has 3 aromatic carbocycles. The number of thiazole rings is 1. The van der Waals surface area contributed by atoms with E-state index in [9.17, 15) is 9.59 Å². The SMILES string of the molecule is CC(C)CC(=O)N1CCc2ccc(OCc3nc(C(=O)N(C)c4ccccc4)cs3)cc2C1c1ccccc1. The quantitative estimate of drug-likeness (QED) is 0.256. The number of rotatable bonds is 8. The molecule has 0 radical (unpaired) electrons. The van der Waals surface area contributed by atoms with Gasteiger partial charge in [0.05, 0.1) is 6.04 Å². The number of hydrogen-bond donors (Lipinski definition) is 0. The summed E-state index contributed by atoms with van der Waals surface area (Å²) in [5.74, 6) is 1.04. The number of carbonyl (C=O) groups is 2. The Balaban J connectivity index is 1.34. The second-order valence-corrected chi connectivity index (χ2v) is 11.2. The second-order valence-electron chi connectivity index (χ2n) is 10.2. The Labute approximate surface area is 233 Å². The van der Waals surface area contributed by atoms with E-state index in [1.807, 2.05) is 59.5 Å². The Morgan fingerprint density at radius 1 is 1.05 bits per heavy atom. The zero-order chi connectivity index (χ0) is 27.4. The van der Waals surface area contributed by atoms with Gasteiger partial charge in [0, 0.05) is 31.1 Å². The monoisotopic (exact) mass is 539 g/mol. The molecule has 39 heavy (non-hydrogen) atoms. The molecule has 0 saturated carbocycles. The summed E-state index contributed by atoms with van der Waals surface area (Å²) < 4.78 is 6.16. The fourth-order valence-electron chi connectivity index (χ4n) is 4.97. The fraction of sp³-hybridized carbons (Fsp3) is 0.281. The molecular weight excluding hydrogens is 506 g/mol. The van der Waals surface area contributed by atoms with Crippen LogP contribution in [0.15, 0.2) is 84.2 Å². The number of para-hydroxylation sites is 1. The molecule has 0 aliphatic carbocycles. The van der Waals surface area contributed by atoms with Gasteiger partial charge in [0.2, 0.25) is 5.91 Å². The lowest BCUT2D eigenvalue weighted by molar-refractivity contribution is -0.134. The van der Waals surface area contributed by atoms with Crippen molar-refractivity contribution >= 4 is 28.8 Å². The standard InChI is InChI=1S/C32H33N3O3S/c1-22(2)18-30(36)35-17-16-23-14-15-26(19-27(23)31(35)24-10-6-4-7-11-24)38-20-29-33-28(21-39-29)32(37)34(3)25-12-8-5-9-13-25/h4-15,19,21-22,31H,16-18,20H2,1-3H3. The smallest absolute Gasteiger partial charge is 0.277 e. The molecule has 2 heterocycles. The van der Waals surface area contributed by atoms with Crippen LogP contribution in [0.4, 0.5) is 5.69 Å². The molecule has 1 atom stereocenters. The van der Waals surface area contributed by atoms with E-state index in [1.165, 1.54) is 16.9 Å². The molecule has 0 fully saturated rings. The number of amides is 2. The number of anilines is 1. The van der Waals surface area contributed by atoms with E-state index in [4.69, 9.17) is 4.74 Å². The Kier molecular flexibility index (Phi) is 8.07. The van der Waals surface area contributed by atoms with Crippen LogP contribution in [0.2, 0.25) is 0 Å². The molecule has 0 bridgehead atoms. The van der Waals surface area contributed by atoms with Crippen molar-refractivity contribution in [2.45, 2.75) is 39.3 Å². The van der Waals surface area contributed by atoms with Crippen molar-refractivity contribution in [2.75, 3.05) is 18.5 Å². The lowest BCUT2D eigenvalue weighted by Crippen LogP contribution is -2.41. The first-order chi connectivity index (χ1) is 18.9. The molecule has 1 aliphatic rings. The molecule has 6 nitrogen and oxygen atoms in total. The number of hydrogen-bond acceptors (Lipinski definition) is 5. The minimum Gasteiger partial charge on any atom is -0.486 e. The predicted molar refractivity (Wildman–Crippen MR) is 155 cm³/mol. The van der Waals surface area contributed by atoms with Gasteiger partial charge in [-0.1, -0.05) is 68.4 Å². The third-order valence-corrected chi connectivity index (χ3v) is 7.77. The molecule has 0 spiro atoms. The average molecular weight is 540 g/mol. The highest BCUT2D eigenvalue weighted by Crippen LogP contribution is 2.38. The van der Waals surface area contributed by atoms with Gasteiger partial charge in [-0.15, -0.1) is 11.3 Å². The number of fused-ring (bicyclic) bond motifs is 1. The average Bonchev–Trinajstić information content (AvgIpc) is 3.44. The van der Waals surface area contributed by atoms with Crippen molar-refractivity contribution in [2.24, 2.45) is 5.92 Å². The van der Waals surface area contributed by atoms with Crippen molar-refractivity contribution in [3.8, 4) is 5.75 Å². The molecule has 7 heteroatoms. The Hall–Kier alpha value is -3.97. The van der Waals surface area contributed by atoms with E-state index in [0.717, 1.165) is 34.0 Å². The molecule has 4 aromatic rings. The Morgan fingerprint density at radius 2 is 1.77 bits per heavy atom. The fourth-order valence-corrected chi connectivity index (χ4v) is 5.65. The van der Waals surface area contributed by atoms with Crippen LogP contribution in [0.1, 0.15) is 58.5 Å². The van der Waals surface area contributed by atoms with Crippen LogP contribution in [0.5, 0.6) is 5.75 Å². The van der Waals surface area contributed by atoms with E-state index >= 15 is 0 Å². The summed E-state index contributed by atoms with van der Waals surface area (Å²) >= 11 is 1.41. The highest BCUT2D eigenvalue weighted by atomic mass is 32.1. The van der Waals surface area contributed by atoms with Crippen LogP contribution >= 0.6 is 11.3 Å². The van der Waals surface area contributed by atoms with Crippen LogP contribution in [0.25, 0.3) is 0 Å². The van der Waals surface area contributed by atoms with Gasteiger partial charge in [-0.25, -0.2) is 4.98 Å². The van der Waals surface area contributed by atoms with Gasteiger partial charge < -0.3 is 14.5 Å². The van der Waals surface area contributed by atoms with E-state index in [2.05, 4.69) is 43.1 Å². The van der Waals surface area contributed by atoms with Crippen molar-refractivity contribution in [1.82, 2.24) is 9.88 Å². The third kappa shape index (κ3) is 6.04. The van der Waals surface area contributed by atoms with Crippen LogP contribution in [0.3, 0.4) is 0 Å². The summed E-state index contributed by atoms with van der Waals surface area (Å²) in [6.45, 7) is 5.12. The first kappa shape index (κ1) is 26.6. The minimum absolute atomic E-state index is 0.151. The molecular formula is C32H33N3O3S. The van der Waals surface area contributed by atoms with Crippen LogP contribution in [-0.2, 0) is 17.8 Å². The maximum absolute atomic E-state index is 13.3. The molecule has 1 unspecified atom stereocenters. The van der Waals surface area contributed by atoms with E-state index in [-0.39, 0.29) is 24.5 Å². The maximum atomic E-state index is 13.3. The summed E-state index contributed by atoms with van der Waals surface area (Å²) in [7, 11) is 1.75. The predicted octanol–water partition coefficient (Wildman–Crippen LogP) is 6.52. The summed E-state index contributed by atoms with van der Waals surface area (Å²) in [5, 5.41) is 2.50. The number of aromatic nitrogens is 1. The van der Waals surface area contributed by atoms with E-state index in [0.29, 0.717) is 24.6 Å². The number of nitrogens with zero attached hydrogens (tertiary/aromatic N) is 3. The topological polar surface area (TPSA) is 62.7 Å². The molecule has 1 aliphatic heterocycles. The Bertz CT molecular complexity index is 1440. The zero-order valence-electron chi connectivity index (χ0n) is 22.5. The van der Waals surface area contributed by atoms with Gasteiger partial charge in [-0.05, 0) is 53.3 Å². The Morgan fingerprint density at radius 3 is 2.49 bits per heavy atom. The summed E-state index contributed by atoms with van der Waals surface area (Å²) in [4.78, 5) is 34.3. The molecule has 0 saturated heterocycles. The van der Waals surface area contributed by atoms with Crippen LogP contribution in [-0.4, -0.2) is 35.3 Å².